The predicted octanol–water partition coefficient (Wildman–Crippen LogP) is 14.9. The summed E-state index contributed by atoms with van der Waals surface area (Å²) in [7, 11) is 0. The zero-order valence-electron chi connectivity index (χ0n) is 36.6. The molecule has 0 aromatic carbocycles. The molecule has 56 heavy (non-hydrogen) atoms. The molecule has 6 nitrogen and oxygen atoms in total. The fourth-order valence-corrected chi connectivity index (χ4v) is 6.25. The number of esters is 3. The van der Waals surface area contributed by atoms with Gasteiger partial charge in [0.2, 0.25) is 0 Å². The molecule has 0 spiro atoms. The molecule has 0 amide bonds. The first-order chi connectivity index (χ1) is 27.5. The SMILES string of the molecule is CC/C=C\C/C=C\C/C=C\CCCCCCCC(=O)OC(COC(=O)CCCCCCC/C=C\C/C=C\CCCCCC)COC(=O)CCCCCCCCC. The Bertz CT molecular complexity index is 1040. The van der Waals surface area contributed by atoms with E-state index in [0.717, 1.165) is 116 Å². The van der Waals surface area contributed by atoms with Gasteiger partial charge in [0.05, 0.1) is 0 Å². The Kier molecular flexibility index (Phi) is 42.5. The Hall–Kier alpha value is -2.89. The molecular weight excluding hydrogens is 697 g/mol. The van der Waals surface area contributed by atoms with Crippen LogP contribution in [0.25, 0.3) is 0 Å². The standard InChI is InChI=1S/C50H86O6/c1-4-7-10-13-16-18-20-22-24-26-27-29-31-34-37-40-43-49(52)55-46-47(45-54-48(51)42-39-36-33-15-12-9-6-3)56-50(53)44-41-38-35-32-30-28-25-23-21-19-17-14-11-8-5-2/h8,11,17-20,23-26,47H,4-7,9-10,12-16,21-22,27-46H2,1-3H3/b11-8-,19-17-,20-18-,25-23-,26-24-. The van der Waals surface area contributed by atoms with Gasteiger partial charge in [0.1, 0.15) is 13.2 Å². The number of unbranched alkanes of at least 4 members (excludes halogenated alkanes) is 20. The summed E-state index contributed by atoms with van der Waals surface area (Å²) < 4.78 is 16.6. The summed E-state index contributed by atoms with van der Waals surface area (Å²) >= 11 is 0. The lowest BCUT2D eigenvalue weighted by Crippen LogP contribution is -2.30. The maximum absolute atomic E-state index is 12.7. The average molecular weight is 783 g/mol. The van der Waals surface area contributed by atoms with Crippen molar-refractivity contribution in [3.63, 3.8) is 0 Å². The Morgan fingerprint density at radius 3 is 1.11 bits per heavy atom. The molecule has 0 aromatic heterocycles. The van der Waals surface area contributed by atoms with Gasteiger partial charge in [-0.05, 0) is 83.5 Å². The van der Waals surface area contributed by atoms with Gasteiger partial charge in [0.15, 0.2) is 6.10 Å². The molecule has 0 bridgehead atoms. The summed E-state index contributed by atoms with van der Waals surface area (Å²) in [5.41, 5.74) is 0. The first-order valence-corrected chi connectivity index (χ1v) is 23.3. The molecule has 1 atom stereocenters. The molecule has 1 unspecified atom stereocenters. The molecule has 0 saturated carbocycles. The molecule has 0 aliphatic rings. The summed E-state index contributed by atoms with van der Waals surface area (Å²) in [4.78, 5) is 37.7. The third-order valence-electron chi connectivity index (χ3n) is 9.76. The van der Waals surface area contributed by atoms with Crippen LogP contribution in [-0.4, -0.2) is 37.2 Å². The minimum absolute atomic E-state index is 0.0860. The van der Waals surface area contributed by atoms with Crippen molar-refractivity contribution in [1.29, 1.82) is 0 Å². The second-order valence-corrected chi connectivity index (χ2v) is 15.3. The normalized spacial score (nSPS) is 12.6. The number of hydrogen-bond acceptors (Lipinski definition) is 6. The van der Waals surface area contributed by atoms with Crippen LogP contribution in [0.2, 0.25) is 0 Å². The number of ether oxygens (including phenoxy) is 3. The maximum atomic E-state index is 12.7. The molecule has 0 saturated heterocycles. The largest absolute Gasteiger partial charge is 0.462 e. The highest BCUT2D eigenvalue weighted by molar-refractivity contribution is 5.71. The first kappa shape index (κ1) is 53.1. The molecule has 0 aromatic rings. The lowest BCUT2D eigenvalue weighted by atomic mass is 10.1. The third kappa shape index (κ3) is 42.3. The Morgan fingerprint density at radius 1 is 0.375 bits per heavy atom. The molecule has 322 valence electrons. The van der Waals surface area contributed by atoms with Gasteiger partial charge in [-0.2, -0.15) is 0 Å². The van der Waals surface area contributed by atoms with Crippen molar-refractivity contribution < 1.29 is 28.6 Å². The molecule has 0 fully saturated rings. The van der Waals surface area contributed by atoms with Gasteiger partial charge >= 0.3 is 17.9 Å². The van der Waals surface area contributed by atoms with Crippen LogP contribution in [-0.2, 0) is 28.6 Å². The van der Waals surface area contributed by atoms with Crippen LogP contribution in [0.3, 0.4) is 0 Å². The molecular formula is C50H86O6. The van der Waals surface area contributed by atoms with Gasteiger partial charge in [0, 0.05) is 19.3 Å². The van der Waals surface area contributed by atoms with Crippen LogP contribution in [0, 0.1) is 0 Å². The van der Waals surface area contributed by atoms with E-state index in [1.165, 1.54) is 64.2 Å². The van der Waals surface area contributed by atoms with Crippen molar-refractivity contribution in [3.8, 4) is 0 Å². The van der Waals surface area contributed by atoms with Crippen molar-refractivity contribution in [3.05, 3.63) is 60.8 Å². The Morgan fingerprint density at radius 2 is 0.696 bits per heavy atom. The van der Waals surface area contributed by atoms with Gasteiger partial charge in [-0.25, -0.2) is 0 Å². The van der Waals surface area contributed by atoms with E-state index < -0.39 is 6.10 Å². The Labute approximate surface area is 345 Å². The second kappa shape index (κ2) is 44.8. The molecule has 0 aliphatic carbocycles. The minimum atomic E-state index is -0.784. The van der Waals surface area contributed by atoms with E-state index in [2.05, 4.69) is 81.5 Å². The Balaban J connectivity index is 4.36. The van der Waals surface area contributed by atoms with Crippen LogP contribution < -0.4 is 0 Å². The lowest BCUT2D eigenvalue weighted by molar-refractivity contribution is -0.167. The predicted molar refractivity (Wildman–Crippen MR) is 238 cm³/mol. The monoisotopic (exact) mass is 783 g/mol. The summed E-state index contributed by atoms with van der Waals surface area (Å²) in [6, 6.07) is 0. The number of rotatable bonds is 41. The number of carbonyl (C=O) groups excluding carboxylic acids is 3. The van der Waals surface area contributed by atoms with E-state index in [-0.39, 0.29) is 31.1 Å². The molecule has 0 radical (unpaired) electrons. The first-order valence-electron chi connectivity index (χ1n) is 23.3. The van der Waals surface area contributed by atoms with Crippen LogP contribution in [0.15, 0.2) is 60.8 Å². The van der Waals surface area contributed by atoms with Crippen molar-refractivity contribution >= 4 is 17.9 Å². The van der Waals surface area contributed by atoms with E-state index in [0.29, 0.717) is 19.3 Å². The van der Waals surface area contributed by atoms with Crippen molar-refractivity contribution in [2.24, 2.45) is 0 Å². The van der Waals surface area contributed by atoms with Crippen LogP contribution in [0.1, 0.15) is 220 Å². The zero-order valence-corrected chi connectivity index (χ0v) is 36.6. The van der Waals surface area contributed by atoms with Gasteiger partial charge in [-0.3, -0.25) is 14.4 Å². The lowest BCUT2D eigenvalue weighted by Gasteiger charge is -2.18. The third-order valence-corrected chi connectivity index (χ3v) is 9.76. The van der Waals surface area contributed by atoms with Crippen molar-refractivity contribution in [2.75, 3.05) is 13.2 Å². The fourth-order valence-electron chi connectivity index (χ4n) is 6.25. The van der Waals surface area contributed by atoms with Gasteiger partial charge in [0.25, 0.3) is 0 Å². The molecule has 0 N–H and O–H groups in total. The highest BCUT2D eigenvalue weighted by atomic mass is 16.6. The average Bonchev–Trinajstić information content (AvgIpc) is 3.19. The summed E-state index contributed by atoms with van der Waals surface area (Å²) in [6.07, 6.45) is 53.5. The summed E-state index contributed by atoms with van der Waals surface area (Å²) in [5, 5.41) is 0. The van der Waals surface area contributed by atoms with Gasteiger partial charge < -0.3 is 14.2 Å². The van der Waals surface area contributed by atoms with E-state index in [9.17, 15) is 14.4 Å². The quantitative estimate of drug-likeness (QED) is 0.0266. The van der Waals surface area contributed by atoms with Crippen LogP contribution >= 0.6 is 0 Å². The minimum Gasteiger partial charge on any atom is -0.462 e. The molecule has 0 rings (SSSR count). The zero-order chi connectivity index (χ0) is 40.8. The van der Waals surface area contributed by atoms with E-state index in [1.807, 2.05) is 0 Å². The molecule has 6 heteroatoms. The highest BCUT2D eigenvalue weighted by Gasteiger charge is 2.19. The van der Waals surface area contributed by atoms with Crippen molar-refractivity contribution in [2.45, 2.75) is 226 Å². The van der Waals surface area contributed by atoms with Gasteiger partial charge in [-0.15, -0.1) is 0 Å². The highest BCUT2D eigenvalue weighted by Crippen LogP contribution is 2.13. The topological polar surface area (TPSA) is 78.9 Å². The number of hydrogen-bond donors (Lipinski definition) is 0. The number of carbonyl (C=O) groups is 3. The van der Waals surface area contributed by atoms with E-state index >= 15 is 0 Å². The number of allylic oxidation sites excluding steroid dienone is 10. The molecule has 0 aliphatic heterocycles. The van der Waals surface area contributed by atoms with E-state index in [1.54, 1.807) is 0 Å². The fraction of sp³-hybridized carbons (Fsp3) is 0.740. The second-order valence-electron chi connectivity index (χ2n) is 15.3. The summed E-state index contributed by atoms with van der Waals surface area (Å²) in [5.74, 6) is -0.926. The summed E-state index contributed by atoms with van der Waals surface area (Å²) in [6.45, 7) is 6.43. The van der Waals surface area contributed by atoms with Gasteiger partial charge in [-0.1, -0.05) is 178 Å². The molecule has 0 heterocycles. The van der Waals surface area contributed by atoms with E-state index in [4.69, 9.17) is 14.2 Å². The van der Waals surface area contributed by atoms with Crippen LogP contribution in [0.5, 0.6) is 0 Å². The van der Waals surface area contributed by atoms with Crippen molar-refractivity contribution in [1.82, 2.24) is 0 Å². The van der Waals surface area contributed by atoms with Crippen LogP contribution in [0.4, 0.5) is 0 Å². The maximum Gasteiger partial charge on any atom is 0.306 e. The smallest absolute Gasteiger partial charge is 0.306 e.